The van der Waals surface area contributed by atoms with Crippen molar-refractivity contribution in [3.05, 3.63) is 35.4 Å². The Bertz CT molecular complexity index is 1070. The van der Waals surface area contributed by atoms with E-state index in [1.807, 2.05) is 0 Å². The molecule has 2 aromatic rings. The van der Waals surface area contributed by atoms with Crippen molar-refractivity contribution in [1.82, 2.24) is 0 Å². The van der Waals surface area contributed by atoms with Gasteiger partial charge in [0, 0.05) is 7.11 Å². The zero-order valence-electron chi connectivity index (χ0n) is 17.9. The van der Waals surface area contributed by atoms with Crippen molar-refractivity contribution in [3.8, 4) is 34.5 Å². The fourth-order valence-electron chi connectivity index (χ4n) is 3.18. The number of benzene rings is 2. The van der Waals surface area contributed by atoms with Gasteiger partial charge in [0.25, 0.3) is 0 Å². The second-order valence-corrected chi connectivity index (χ2v) is 7.45. The number of carbonyl (C=O) groups excluding carboxylic acids is 2. The normalized spacial score (nSPS) is 24.1. The highest BCUT2D eigenvalue weighted by Crippen LogP contribution is 2.39. The molecule has 1 saturated heterocycles. The first-order valence-corrected chi connectivity index (χ1v) is 9.87. The number of hydrogen-bond acceptors (Lipinski definition) is 14. The summed E-state index contributed by atoms with van der Waals surface area (Å²) in [5.74, 6) is -7.34. The summed E-state index contributed by atoms with van der Waals surface area (Å²) in [5, 5.41) is 78.2. The number of phenolic OH excluding ortho intramolecular Hbond substituents is 5. The van der Waals surface area contributed by atoms with Gasteiger partial charge in [-0.2, -0.15) is 0 Å². The van der Waals surface area contributed by atoms with Crippen molar-refractivity contribution in [2.75, 3.05) is 13.7 Å². The van der Waals surface area contributed by atoms with Crippen LogP contribution in [0.3, 0.4) is 0 Å². The second-order valence-electron chi connectivity index (χ2n) is 7.45. The van der Waals surface area contributed by atoms with E-state index in [-0.39, 0.29) is 0 Å². The average Bonchev–Trinajstić information content (AvgIpc) is 2.82. The van der Waals surface area contributed by atoms with E-state index in [1.54, 1.807) is 0 Å². The molecule has 1 aliphatic rings. The molecule has 0 unspecified atom stereocenters. The predicted molar refractivity (Wildman–Crippen MR) is 110 cm³/mol. The van der Waals surface area contributed by atoms with Crippen LogP contribution in [0.15, 0.2) is 24.3 Å². The summed E-state index contributed by atoms with van der Waals surface area (Å²) in [6.45, 7) is -0.601. The van der Waals surface area contributed by atoms with Crippen LogP contribution in [0, 0.1) is 0 Å². The van der Waals surface area contributed by atoms with Crippen LogP contribution < -0.4 is 4.74 Å². The maximum absolute atomic E-state index is 12.3. The van der Waals surface area contributed by atoms with Crippen LogP contribution >= 0.6 is 0 Å². The fraction of sp³-hybridized carbons (Fsp3) is 0.333. The summed E-state index contributed by atoms with van der Waals surface area (Å²) in [7, 11) is 1.19. The van der Waals surface area contributed by atoms with E-state index in [2.05, 4.69) is 0 Å². The minimum absolute atomic E-state index is 0.395. The van der Waals surface area contributed by atoms with Crippen molar-refractivity contribution in [2.24, 2.45) is 0 Å². The SMILES string of the molecule is CO[C@H]1O[C@H](COC(=O)c2cc(O)c(OC(=O)c3cc(O)c(O)c(O)c3)c(O)c2)[C@@H](O)[C@H](O)[C@H]1O. The number of phenols is 5. The van der Waals surface area contributed by atoms with Crippen LogP contribution in [-0.4, -0.2) is 97.2 Å². The molecule has 1 aliphatic heterocycles. The van der Waals surface area contributed by atoms with Crippen molar-refractivity contribution in [1.29, 1.82) is 0 Å². The van der Waals surface area contributed by atoms with Crippen LogP contribution in [0.4, 0.5) is 0 Å². The van der Waals surface area contributed by atoms with Gasteiger partial charge in [-0.1, -0.05) is 0 Å². The Hall–Kier alpha value is -3.82. The van der Waals surface area contributed by atoms with Crippen molar-refractivity contribution >= 4 is 11.9 Å². The third-order valence-corrected chi connectivity index (χ3v) is 5.07. The molecule has 14 nitrogen and oxygen atoms in total. The standard InChI is InChI=1S/C21H22O14/c1-32-21-17(29)16(28)15(27)13(34-21)6-33-19(30)7-4-11(24)18(12(25)5-7)35-20(31)8-2-9(22)14(26)10(23)3-8/h2-5,13,15-17,21-29H,6H2,1H3/t13-,15-,16+,17-,21+/m1/s1. The van der Waals surface area contributed by atoms with Gasteiger partial charge in [-0.25, -0.2) is 9.59 Å². The van der Waals surface area contributed by atoms with Gasteiger partial charge in [0.2, 0.25) is 5.75 Å². The molecule has 0 radical (unpaired) electrons. The first-order valence-electron chi connectivity index (χ1n) is 9.87. The number of esters is 2. The minimum Gasteiger partial charge on any atom is -0.504 e. The molecule has 14 heteroatoms. The first-order chi connectivity index (χ1) is 16.4. The highest BCUT2D eigenvalue weighted by atomic mass is 16.7. The van der Waals surface area contributed by atoms with Gasteiger partial charge in [0.1, 0.15) is 31.0 Å². The molecule has 0 spiro atoms. The van der Waals surface area contributed by atoms with E-state index < -0.39 is 94.9 Å². The number of aromatic hydroxyl groups is 5. The molecule has 0 saturated carbocycles. The second kappa shape index (κ2) is 10.2. The van der Waals surface area contributed by atoms with E-state index >= 15 is 0 Å². The lowest BCUT2D eigenvalue weighted by molar-refractivity contribution is -0.294. The highest BCUT2D eigenvalue weighted by Gasteiger charge is 2.44. The van der Waals surface area contributed by atoms with E-state index in [4.69, 9.17) is 18.9 Å². The van der Waals surface area contributed by atoms with Gasteiger partial charge >= 0.3 is 11.9 Å². The predicted octanol–water partition coefficient (Wildman–Crippen LogP) is -0.955. The Kier molecular flexibility index (Phi) is 7.52. The Morgan fingerprint density at radius 1 is 0.800 bits per heavy atom. The highest BCUT2D eigenvalue weighted by molar-refractivity contribution is 5.94. The Labute approximate surface area is 196 Å². The summed E-state index contributed by atoms with van der Waals surface area (Å²) < 4.78 is 19.9. The minimum atomic E-state index is -1.64. The van der Waals surface area contributed by atoms with Crippen LogP contribution in [0.2, 0.25) is 0 Å². The molecule has 2 aromatic carbocycles. The van der Waals surface area contributed by atoms with E-state index in [0.717, 1.165) is 24.3 Å². The maximum atomic E-state index is 12.3. The molecule has 0 aliphatic carbocycles. The van der Waals surface area contributed by atoms with E-state index in [1.165, 1.54) is 7.11 Å². The smallest absolute Gasteiger partial charge is 0.344 e. The summed E-state index contributed by atoms with van der Waals surface area (Å²) in [6, 6.07) is 3.13. The maximum Gasteiger partial charge on any atom is 0.344 e. The van der Waals surface area contributed by atoms with E-state index in [9.17, 15) is 50.4 Å². The van der Waals surface area contributed by atoms with Gasteiger partial charge in [0.05, 0.1) is 11.1 Å². The van der Waals surface area contributed by atoms with Gasteiger partial charge in [-0.05, 0) is 24.3 Å². The third kappa shape index (κ3) is 5.31. The van der Waals surface area contributed by atoms with Gasteiger partial charge < -0.3 is 59.8 Å². The number of carbonyl (C=O) groups is 2. The zero-order valence-corrected chi connectivity index (χ0v) is 17.9. The molecule has 0 amide bonds. The number of methoxy groups -OCH3 is 1. The molecule has 1 fully saturated rings. The van der Waals surface area contributed by atoms with Crippen LogP contribution in [-0.2, 0) is 14.2 Å². The molecule has 3 rings (SSSR count). The van der Waals surface area contributed by atoms with Crippen LogP contribution in [0.1, 0.15) is 20.7 Å². The van der Waals surface area contributed by atoms with Crippen LogP contribution in [0.5, 0.6) is 34.5 Å². The van der Waals surface area contributed by atoms with Crippen molar-refractivity contribution in [2.45, 2.75) is 30.7 Å². The van der Waals surface area contributed by atoms with E-state index in [0.29, 0.717) is 0 Å². The lowest BCUT2D eigenvalue weighted by Crippen LogP contribution is -2.59. The Morgan fingerprint density at radius 2 is 1.31 bits per heavy atom. The number of ether oxygens (including phenoxy) is 4. The molecule has 5 atom stereocenters. The number of hydrogen-bond donors (Lipinski definition) is 8. The quantitative estimate of drug-likeness (QED) is 0.136. The largest absolute Gasteiger partial charge is 0.504 e. The molecule has 0 bridgehead atoms. The van der Waals surface area contributed by atoms with Gasteiger partial charge in [-0.15, -0.1) is 0 Å². The third-order valence-electron chi connectivity index (χ3n) is 5.07. The first kappa shape index (κ1) is 25.8. The van der Waals surface area contributed by atoms with Gasteiger partial charge in [0.15, 0.2) is 35.0 Å². The summed E-state index contributed by atoms with van der Waals surface area (Å²) in [5.41, 5.74) is -0.832. The zero-order chi connectivity index (χ0) is 26.0. The lowest BCUT2D eigenvalue weighted by Gasteiger charge is -2.39. The molecular weight excluding hydrogens is 476 g/mol. The number of aliphatic hydroxyl groups is 3. The topological polar surface area (TPSA) is 233 Å². The molecule has 1 heterocycles. The molecule has 0 aromatic heterocycles. The molecule has 8 N–H and O–H groups in total. The molecule has 190 valence electrons. The average molecular weight is 498 g/mol. The lowest BCUT2D eigenvalue weighted by atomic mass is 9.99. The van der Waals surface area contributed by atoms with Crippen molar-refractivity contribution < 1.29 is 69.4 Å². The molecule has 35 heavy (non-hydrogen) atoms. The summed E-state index contributed by atoms with van der Waals surface area (Å²) in [6.07, 6.45) is -7.37. The molecular formula is C21H22O14. The summed E-state index contributed by atoms with van der Waals surface area (Å²) >= 11 is 0. The monoisotopic (exact) mass is 498 g/mol. The fourth-order valence-corrected chi connectivity index (χ4v) is 3.18. The van der Waals surface area contributed by atoms with Crippen molar-refractivity contribution in [3.63, 3.8) is 0 Å². The Balaban J connectivity index is 1.70. The number of aliphatic hydroxyl groups excluding tert-OH is 3. The van der Waals surface area contributed by atoms with Crippen LogP contribution in [0.25, 0.3) is 0 Å². The number of rotatable bonds is 6. The summed E-state index contributed by atoms with van der Waals surface area (Å²) in [4.78, 5) is 24.6. The Morgan fingerprint density at radius 3 is 1.86 bits per heavy atom. The van der Waals surface area contributed by atoms with Gasteiger partial charge in [-0.3, -0.25) is 0 Å².